The highest BCUT2D eigenvalue weighted by atomic mass is 19.4. The van der Waals surface area contributed by atoms with Crippen LogP contribution in [-0.2, 0) is 11.8 Å². The van der Waals surface area contributed by atoms with Gasteiger partial charge in [0.05, 0.1) is 17.6 Å². The van der Waals surface area contributed by atoms with Crippen molar-refractivity contribution in [3.63, 3.8) is 0 Å². The van der Waals surface area contributed by atoms with Gasteiger partial charge in [-0.05, 0) is 24.6 Å². The average Bonchev–Trinajstić information content (AvgIpc) is 2.35. The van der Waals surface area contributed by atoms with Crippen LogP contribution in [0, 0.1) is 0 Å². The molecule has 1 nitrogen and oxygen atoms in total. The lowest BCUT2D eigenvalue weighted by atomic mass is 9.86. The predicted octanol–water partition coefficient (Wildman–Crippen LogP) is 5.14. The zero-order valence-corrected chi connectivity index (χ0v) is 11.7. The first-order chi connectivity index (χ1) is 10.4. The van der Waals surface area contributed by atoms with Crippen LogP contribution in [0.4, 0.5) is 43.9 Å². The lowest BCUT2D eigenvalue weighted by Crippen LogP contribution is -2.54. The van der Waals surface area contributed by atoms with Gasteiger partial charge in [0.15, 0.2) is 0 Å². The standard InChI is InChI=1S/C13H10F10O/c1-9(24,6-10(14,15)12(19,20)13(21,22)23)7-3-2-4-8(5-7)11(16,17)18/h2-5,24H,6H2,1H3. The monoisotopic (exact) mass is 372 g/mol. The zero-order valence-electron chi connectivity index (χ0n) is 11.7. The fourth-order valence-electron chi connectivity index (χ4n) is 1.88. The molecule has 0 aromatic heterocycles. The summed E-state index contributed by atoms with van der Waals surface area (Å²) in [7, 11) is 0. The fraction of sp³-hybridized carbons (Fsp3) is 0.538. The maximum atomic E-state index is 13.4. The second-order valence-corrected chi connectivity index (χ2v) is 5.31. The van der Waals surface area contributed by atoms with E-state index in [0.29, 0.717) is 25.1 Å². The zero-order chi connectivity index (χ0) is 19.2. The minimum atomic E-state index is -6.60. The van der Waals surface area contributed by atoms with Crippen LogP contribution in [0.3, 0.4) is 0 Å². The molecule has 0 heterocycles. The first kappa shape index (κ1) is 20.5. The highest BCUT2D eigenvalue weighted by Crippen LogP contribution is 2.51. The molecule has 1 N–H and O–H groups in total. The molecule has 11 heteroatoms. The second kappa shape index (κ2) is 5.78. The van der Waals surface area contributed by atoms with E-state index >= 15 is 0 Å². The van der Waals surface area contributed by atoms with E-state index in [-0.39, 0.29) is 6.07 Å². The predicted molar refractivity (Wildman–Crippen MR) is 61.6 cm³/mol. The van der Waals surface area contributed by atoms with E-state index in [1.165, 1.54) is 0 Å². The Hall–Kier alpha value is -1.52. The summed E-state index contributed by atoms with van der Waals surface area (Å²) in [5.74, 6) is -12.2. The van der Waals surface area contributed by atoms with Gasteiger partial charge < -0.3 is 5.11 Å². The van der Waals surface area contributed by atoms with Crippen LogP contribution in [-0.4, -0.2) is 23.1 Å². The highest BCUT2D eigenvalue weighted by molar-refractivity contribution is 5.30. The maximum Gasteiger partial charge on any atom is 0.459 e. The van der Waals surface area contributed by atoms with E-state index in [1.807, 2.05) is 0 Å². The molecule has 1 rings (SSSR count). The van der Waals surface area contributed by atoms with Gasteiger partial charge in [0.1, 0.15) is 0 Å². The number of alkyl halides is 10. The number of hydrogen-bond acceptors (Lipinski definition) is 1. The molecule has 0 saturated heterocycles. The number of hydrogen-bond donors (Lipinski definition) is 1. The molecule has 0 aliphatic rings. The Balaban J connectivity index is 3.23. The quantitative estimate of drug-likeness (QED) is 0.726. The Morgan fingerprint density at radius 2 is 1.29 bits per heavy atom. The van der Waals surface area contributed by atoms with Crippen molar-refractivity contribution < 1.29 is 49.0 Å². The van der Waals surface area contributed by atoms with Gasteiger partial charge in [-0.3, -0.25) is 0 Å². The molecule has 0 fully saturated rings. The van der Waals surface area contributed by atoms with Crippen molar-refractivity contribution in [3.05, 3.63) is 35.4 Å². The molecule has 0 radical (unpaired) electrons. The van der Waals surface area contributed by atoms with Crippen molar-refractivity contribution >= 4 is 0 Å². The Morgan fingerprint density at radius 3 is 1.71 bits per heavy atom. The normalized spacial score (nSPS) is 16.8. The van der Waals surface area contributed by atoms with Crippen molar-refractivity contribution in [3.8, 4) is 0 Å². The summed E-state index contributed by atoms with van der Waals surface area (Å²) in [5, 5.41) is 9.79. The molecular weight excluding hydrogens is 362 g/mol. The molecule has 1 unspecified atom stereocenters. The van der Waals surface area contributed by atoms with Crippen molar-refractivity contribution in [2.24, 2.45) is 0 Å². The van der Waals surface area contributed by atoms with Gasteiger partial charge in [0.25, 0.3) is 0 Å². The molecule has 0 amide bonds. The minimum absolute atomic E-state index is 0.196. The Bertz CT molecular complexity index is 585. The summed E-state index contributed by atoms with van der Waals surface area (Å²) in [5.41, 5.74) is -5.33. The summed E-state index contributed by atoms with van der Waals surface area (Å²) in [6.07, 6.45) is -14.0. The summed E-state index contributed by atoms with van der Waals surface area (Å²) < 4.78 is 126. The van der Waals surface area contributed by atoms with E-state index < -0.39 is 47.3 Å². The molecule has 24 heavy (non-hydrogen) atoms. The molecule has 0 saturated carbocycles. The molecular formula is C13H10F10O. The molecule has 1 atom stereocenters. The molecule has 0 spiro atoms. The van der Waals surface area contributed by atoms with Crippen LogP contribution < -0.4 is 0 Å². The summed E-state index contributed by atoms with van der Waals surface area (Å²) >= 11 is 0. The van der Waals surface area contributed by atoms with Crippen LogP contribution in [0.15, 0.2) is 24.3 Å². The van der Waals surface area contributed by atoms with Crippen molar-refractivity contribution in [2.45, 2.75) is 43.1 Å². The molecule has 0 aliphatic heterocycles. The van der Waals surface area contributed by atoms with Gasteiger partial charge in [-0.2, -0.15) is 43.9 Å². The van der Waals surface area contributed by atoms with E-state index in [9.17, 15) is 49.0 Å². The van der Waals surface area contributed by atoms with Crippen LogP contribution >= 0.6 is 0 Å². The summed E-state index contributed by atoms with van der Waals surface area (Å²) in [6, 6.07) is 2.12. The third kappa shape index (κ3) is 3.93. The third-order valence-electron chi connectivity index (χ3n) is 3.19. The number of rotatable bonds is 4. The Morgan fingerprint density at radius 1 is 0.833 bits per heavy atom. The smallest absolute Gasteiger partial charge is 0.385 e. The van der Waals surface area contributed by atoms with Crippen molar-refractivity contribution in [2.75, 3.05) is 0 Å². The van der Waals surface area contributed by atoms with Gasteiger partial charge >= 0.3 is 24.2 Å². The van der Waals surface area contributed by atoms with Crippen LogP contribution in [0.5, 0.6) is 0 Å². The lowest BCUT2D eigenvalue weighted by molar-refractivity contribution is -0.361. The van der Waals surface area contributed by atoms with Crippen molar-refractivity contribution in [1.82, 2.24) is 0 Å². The lowest BCUT2D eigenvalue weighted by Gasteiger charge is -2.34. The fourth-order valence-corrected chi connectivity index (χ4v) is 1.88. The third-order valence-corrected chi connectivity index (χ3v) is 3.19. The van der Waals surface area contributed by atoms with Gasteiger partial charge in [-0.1, -0.05) is 12.1 Å². The topological polar surface area (TPSA) is 20.2 Å². The number of aliphatic hydroxyl groups is 1. The summed E-state index contributed by atoms with van der Waals surface area (Å²) in [6.45, 7) is 0.419. The molecule has 0 bridgehead atoms. The van der Waals surface area contributed by atoms with Gasteiger partial charge in [-0.25, -0.2) is 0 Å². The maximum absolute atomic E-state index is 13.4. The molecule has 1 aromatic rings. The first-order valence-electron chi connectivity index (χ1n) is 6.14. The molecule has 1 aromatic carbocycles. The summed E-state index contributed by atoms with van der Waals surface area (Å²) in [4.78, 5) is 0. The van der Waals surface area contributed by atoms with Gasteiger partial charge in [0, 0.05) is 0 Å². The van der Waals surface area contributed by atoms with Gasteiger partial charge in [0.2, 0.25) is 0 Å². The Labute approximate surface area is 128 Å². The number of benzene rings is 1. The number of halogens is 10. The van der Waals surface area contributed by atoms with Crippen LogP contribution in [0.1, 0.15) is 24.5 Å². The minimum Gasteiger partial charge on any atom is -0.385 e. The van der Waals surface area contributed by atoms with Gasteiger partial charge in [-0.15, -0.1) is 0 Å². The average molecular weight is 372 g/mol. The largest absolute Gasteiger partial charge is 0.459 e. The first-order valence-corrected chi connectivity index (χ1v) is 6.14. The van der Waals surface area contributed by atoms with E-state index in [0.717, 1.165) is 0 Å². The Kier molecular flexibility index (Phi) is 4.94. The van der Waals surface area contributed by atoms with Crippen LogP contribution in [0.25, 0.3) is 0 Å². The van der Waals surface area contributed by atoms with E-state index in [4.69, 9.17) is 0 Å². The second-order valence-electron chi connectivity index (χ2n) is 5.31. The van der Waals surface area contributed by atoms with Crippen molar-refractivity contribution in [1.29, 1.82) is 0 Å². The highest BCUT2D eigenvalue weighted by Gasteiger charge is 2.73. The van der Waals surface area contributed by atoms with E-state index in [1.54, 1.807) is 0 Å². The molecule has 138 valence electrons. The SMILES string of the molecule is CC(O)(CC(F)(F)C(F)(F)C(F)(F)F)c1cccc(C(F)(F)F)c1. The van der Waals surface area contributed by atoms with E-state index in [2.05, 4.69) is 0 Å². The van der Waals surface area contributed by atoms with Crippen LogP contribution in [0.2, 0.25) is 0 Å². The molecule has 0 aliphatic carbocycles.